The van der Waals surface area contributed by atoms with Gasteiger partial charge in [0.15, 0.2) is 0 Å². The van der Waals surface area contributed by atoms with Crippen LogP contribution in [0.15, 0.2) is 60.7 Å². The van der Waals surface area contributed by atoms with Crippen LogP contribution in [0.25, 0.3) is 5.57 Å². The monoisotopic (exact) mass is 295 g/mol. The van der Waals surface area contributed by atoms with Gasteiger partial charge in [-0.3, -0.25) is 0 Å². The highest BCUT2D eigenvalue weighted by Crippen LogP contribution is 2.23. The summed E-state index contributed by atoms with van der Waals surface area (Å²) in [5.74, 6) is 1.73. The van der Waals surface area contributed by atoms with Crippen LogP contribution in [-0.4, -0.2) is 24.5 Å². The van der Waals surface area contributed by atoms with Gasteiger partial charge >= 0.3 is 0 Å². The van der Waals surface area contributed by atoms with Crippen molar-refractivity contribution < 1.29 is 4.74 Å². The van der Waals surface area contributed by atoms with E-state index in [4.69, 9.17) is 4.74 Å². The fourth-order valence-corrected chi connectivity index (χ4v) is 2.28. The Morgan fingerprint density at radius 1 is 0.909 bits per heavy atom. The fraction of sp³-hybridized carbons (Fsp3) is 0.300. The number of hydrogen-bond acceptors (Lipinski definition) is 2. The van der Waals surface area contributed by atoms with Crippen molar-refractivity contribution in [1.29, 1.82) is 0 Å². The molecule has 0 fully saturated rings. The molecule has 2 nitrogen and oxygen atoms in total. The summed E-state index contributed by atoms with van der Waals surface area (Å²) >= 11 is 0. The molecule has 0 unspecified atom stereocenters. The average molecular weight is 295 g/mol. The molecule has 116 valence electrons. The molecule has 0 aliphatic rings. The van der Waals surface area contributed by atoms with Crippen molar-refractivity contribution in [3.63, 3.8) is 0 Å². The standard InChI is InChI=1S/C20H25NO/c1-4-21(5-2)16-15-17(3)18-11-13-20(14-12-18)22-19-9-7-6-8-10-19/h6-15H,4-5,16H2,1-3H3. The lowest BCUT2D eigenvalue weighted by molar-refractivity contribution is 0.337. The highest BCUT2D eigenvalue weighted by atomic mass is 16.5. The molecular weight excluding hydrogens is 270 g/mol. The molecule has 0 amide bonds. The van der Waals surface area contributed by atoms with Crippen molar-refractivity contribution >= 4 is 5.57 Å². The molecule has 0 aromatic heterocycles. The number of likely N-dealkylation sites (N-methyl/N-ethyl adjacent to an activating group) is 1. The van der Waals surface area contributed by atoms with E-state index in [1.165, 1.54) is 11.1 Å². The number of hydrogen-bond donors (Lipinski definition) is 0. The summed E-state index contributed by atoms with van der Waals surface area (Å²) in [6, 6.07) is 18.1. The van der Waals surface area contributed by atoms with Gasteiger partial charge in [-0.25, -0.2) is 0 Å². The van der Waals surface area contributed by atoms with Crippen LogP contribution in [0.5, 0.6) is 11.5 Å². The summed E-state index contributed by atoms with van der Waals surface area (Å²) < 4.78 is 5.82. The summed E-state index contributed by atoms with van der Waals surface area (Å²) in [4.78, 5) is 2.40. The van der Waals surface area contributed by atoms with Crippen LogP contribution in [0.2, 0.25) is 0 Å². The van der Waals surface area contributed by atoms with Gasteiger partial charge in [-0.15, -0.1) is 0 Å². The summed E-state index contributed by atoms with van der Waals surface area (Å²) in [7, 11) is 0. The van der Waals surface area contributed by atoms with Crippen molar-refractivity contribution in [3.05, 3.63) is 66.2 Å². The highest BCUT2D eigenvalue weighted by Gasteiger charge is 2.01. The van der Waals surface area contributed by atoms with Gasteiger partial charge < -0.3 is 9.64 Å². The lowest BCUT2D eigenvalue weighted by Crippen LogP contribution is -2.22. The fourth-order valence-electron chi connectivity index (χ4n) is 2.28. The average Bonchev–Trinajstić information content (AvgIpc) is 2.57. The second-order valence-electron chi connectivity index (χ2n) is 5.31. The first kappa shape index (κ1) is 16.3. The smallest absolute Gasteiger partial charge is 0.127 e. The molecule has 0 radical (unpaired) electrons. The van der Waals surface area contributed by atoms with E-state index in [2.05, 4.69) is 43.9 Å². The third-order valence-corrected chi connectivity index (χ3v) is 3.84. The van der Waals surface area contributed by atoms with Crippen molar-refractivity contribution in [3.8, 4) is 11.5 Å². The molecule has 0 atom stereocenters. The van der Waals surface area contributed by atoms with Gasteiger partial charge in [-0.05, 0) is 55.4 Å². The first-order valence-electron chi connectivity index (χ1n) is 7.95. The van der Waals surface area contributed by atoms with Gasteiger partial charge in [0.2, 0.25) is 0 Å². The zero-order valence-electron chi connectivity index (χ0n) is 13.8. The van der Waals surface area contributed by atoms with E-state index in [9.17, 15) is 0 Å². The van der Waals surface area contributed by atoms with Crippen LogP contribution >= 0.6 is 0 Å². The maximum Gasteiger partial charge on any atom is 0.127 e. The minimum atomic E-state index is 0.865. The Labute approximate surface area is 134 Å². The van der Waals surface area contributed by atoms with Gasteiger partial charge in [0.25, 0.3) is 0 Å². The van der Waals surface area contributed by atoms with Crippen molar-refractivity contribution in [1.82, 2.24) is 4.90 Å². The van der Waals surface area contributed by atoms with Crippen LogP contribution in [0.3, 0.4) is 0 Å². The molecule has 0 saturated carbocycles. The van der Waals surface area contributed by atoms with Crippen molar-refractivity contribution in [2.75, 3.05) is 19.6 Å². The molecule has 2 aromatic carbocycles. The Balaban J connectivity index is 2.00. The third kappa shape index (κ3) is 4.74. The number of allylic oxidation sites excluding steroid dienone is 1. The minimum Gasteiger partial charge on any atom is -0.457 e. The molecule has 2 heteroatoms. The predicted octanol–water partition coefficient (Wildman–Crippen LogP) is 5.22. The van der Waals surface area contributed by atoms with E-state index in [1.807, 2.05) is 42.5 Å². The zero-order valence-corrected chi connectivity index (χ0v) is 13.8. The quantitative estimate of drug-likeness (QED) is 0.694. The van der Waals surface area contributed by atoms with E-state index in [0.717, 1.165) is 31.1 Å². The summed E-state index contributed by atoms with van der Waals surface area (Å²) in [6.07, 6.45) is 2.29. The summed E-state index contributed by atoms with van der Waals surface area (Å²) in [6.45, 7) is 9.73. The molecule has 0 aliphatic heterocycles. The Kier molecular flexibility index (Phi) is 6.23. The second kappa shape index (κ2) is 8.40. The molecule has 0 bridgehead atoms. The SMILES string of the molecule is CCN(CC)CC=C(C)c1ccc(Oc2ccccc2)cc1. The first-order valence-corrected chi connectivity index (χ1v) is 7.95. The number of rotatable bonds is 7. The van der Waals surface area contributed by atoms with Gasteiger partial charge in [0.1, 0.15) is 11.5 Å². The van der Waals surface area contributed by atoms with Crippen LogP contribution < -0.4 is 4.74 Å². The summed E-state index contributed by atoms with van der Waals surface area (Å²) in [5.41, 5.74) is 2.55. The zero-order chi connectivity index (χ0) is 15.8. The molecule has 0 saturated heterocycles. The molecule has 0 N–H and O–H groups in total. The molecule has 0 aliphatic carbocycles. The van der Waals surface area contributed by atoms with Crippen LogP contribution in [-0.2, 0) is 0 Å². The number of para-hydroxylation sites is 1. The predicted molar refractivity (Wildman–Crippen MR) is 94.4 cm³/mol. The molecule has 2 rings (SSSR count). The van der Waals surface area contributed by atoms with E-state index in [0.29, 0.717) is 0 Å². The Hall–Kier alpha value is -2.06. The maximum absolute atomic E-state index is 5.82. The number of nitrogens with zero attached hydrogens (tertiary/aromatic N) is 1. The number of ether oxygens (including phenoxy) is 1. The Morgan fingerprint density at radius 3 is 2.09 bits per heavy atom. The van der Waals surface area contributed by atoms with Gasteiger partial charge in [0.05, 0.1) is 0 Å². The lowest BCUT2D eigenvalue weighted by Gasteiger charge is -2.16. The third-order valence-electron chi connectivity index (χ3n) is 3.84. The van der Waals surface area contributed by atoms with Crippen LogP contribution in [0.1, 0.15) is 26.3 Å². The largest absolute Gasteiger partial charge is 0.457 e. The first-order chi connectivity index (χ1) is 10.7. The van der Waals surface area contributed by atoms with Crippen molar-refractivity contribution in [2.24, 2.45) is 0 Å². The van der Waals surface area contributed by atoms with E-state index in [1.54, 1.807) is 0 Å². The minimum absolute atomic E-state index is 0.865. The van der Waals surface area contributed by atoms with Gasteiger partial charge in [-0.2, -0.15) is 0 Å². The Morgan fingerprint density at radius 2 is 1.50 bits per heavy atom. The summed E-state index contributed by atoms with van der Waals surface area (Å²) in [5, 5.41) is 0. The van der Waals surface area contributed by atoms with Gasteiger partial charge in [0, 0.05) is 6.54 Å². The van der Waals surface area contributed by atoms with Gasteiger partial charge in [-0.1, -0.05) is 50.3 Å². The Bertz CT molecular complexity index is 583. The van der Waals surface area contributed by atoms with E-state index < -0.39 is 0 Å². The highest BCUT2D eigenvalue weighted by molar-refractivity contribution is 5.64. The van der Waals surface area contributed by atoms with Crippen LogP contribution in [0.4, 0.5) is 0 Å². The van der Waals surface area contributed by atoms with Crippen molar-refractivity contribution in [2.45, 2.75) is 20.8 Å². The molecule has 0 spiro atoms. The normalized spacial score (nSPS) is 11.7. The topological polar surface area (TPSA) is 12.5 Å². The molecule has 22 heavy (non-hydrogen) atoms. The van der Waals surface area contributed by atoms with Crippen LogP contribution in [0, 0.1) is 0 Å². The van der Waals surface area contributed by atoms with E-state index in [-0.39, 0.29) is 0 Å². The van der Waals surface area contributed by atoms with E-state index >= 15 is 0 Å². The second-order valence-corrected chi connectivity index (χ2v) is 5.31. The molecular formula is C20H25NO. The molecule has 0 heterocycles. The number of benzene rings is 2. The lowest BCUT2D eigenvalue weighted by atomic mass is 10.1. The maximum atomic E-state index is 5.82. The molecule has 2 aromatic rings.